The third-order valence-electron chi connectivity index (χ3n) is 3.98. The van der Waals surface area contributed by atoms with Crippen LogP contribution in [0.1, 0.15) is 38.5 Å². The van der Waals surface area contributed by atoms with E-state index in [-0.39, 0.29) is 28.5 Å². The van der Waals surface area contributed by atoms with Crippen LogP contribution >= 0.6 is 23.2 Å². The van der Waals surface area contributed by atoms with Crippen molar-refractivity contribution < 1.29 is 4.79 Å². The zero-order chi connectivity index (χ0) is 15.7. The SMILES string of the molecule is O=C(Cn1ncc(Cl)c(Cl)c1=O)N(C1=CCCCC1)C1CC1. The van der Waals surface area contributed by atoms with E-state index in [1.807, 2.05) is 4.90 Å². The Morgan fingerprint density at radius 2 is 2.14 bits per heavy atom. The molecule has 0 unspecified atom stereocenters. The molecule has 7 heteroatoms. The number of hydrogen-bond acceptors (Lipinski definition) is 3. The number of aromatic nitrogens is 2. The summed E-state index contributed by atoms with van der Waals surface area (Å²) in [5.74, 6) is -0.108. The number of halogens is 2. The molecular weight excluding hydrogens is 325 g/mol. The van der Waals surface area contributed by atoms with E-state index >= 15 is 0 Å². The highest BCUT2D eigenvalue weighted by Crippen LogP contribution is 2.33. The maximum atomic E-state index is 12.7. The molecule has 0 saturated heterocycles. The monoisotopic (exact) mass is 341 g/mol. The zero-order valence-electron chi connectivity index (χ0n) is 12.1. The van der Waals surface area contributed by atoms with E-state index < -0.39 is 5.56 Å². The summed E-state index contributed by atoms with van der Waals surface area (Å²) in [5.41, 5.74) is 0.558. The molecule has 0 bridgehead atoms. The van der Waals surface area contributed by atoms with Crippen molar-refractivity contribution in [3.8, 4) is 0 Å². The molecule has 2 aliphatic carbocycles. The maximum absolute atomic E-state index is 12.7. The molecule has 22 heavy (non-hydrogen) atoms. The topological polar surface area (TPSA) is 55.2 Å². The molecule has 2 aliphatic rings. The maximum Gasteiger partial charge on any atom is 0.287 e. The number of nitrogens with zero attached hydrogens (tertiary/aromatic N) is 3. The fraction of sp³-hybridized carbons (Fsp3) is 0.533. The molecule has 1 heterocycles. The summed E-state index contributed by atoms with van der Waals surface area (Å²) in [6, 6.07) is 0.273. The van der Waals surface area contributed by atoms with Gasteiger partial charge in [-0.25, -0.2) is 4.68 Å². The van der Waals surface area contributed by atoms with Gasteiger partial charge in [-0.05, 0) is 38.5 Å². The van der Waals surface area contributed by atoms with Crippen molar-refractivity contribution in [3.63, 3.8) is 0 Å². The van der Waals surface area contributed by atoms with Crippen molar-refractivity contribution in [1.82, 2.24) is 14.7 Å². The summed E-state index contributed by atoms with van der Waals surface area (Å²) in [7, 11) is 0. The zero-order valence-corrected chi connectivity index (χ0v) is 13.6. The van der Waals surface area contributed by atoms with E-state index in [2.05, 4.69) is 11.2 Å². The molecule has 1 saturated carbocycles. The second-order valence-corrected chi connectivity index (χ2v) is 6.49. The molecule has 0 aliphatic heterocycles. The van der Waals surface area contributed by atoms with E-state index in [1.165, 1.54) is 12.6 Å². The highest BCUT2D eigenvalue weighted by molar-refractivity contribution is 6.41. The number of rotatable bonds is 4. The Balaban J connectivity index is 1.81. The van der Waals surface area contributed by atoms with Crippen LogP contribution in [0.5, 0.6) is 0 Å². The fourth-order valence-electron chi connectivity index (χ4n) is 2.73. The van der Waals surface area contributed by atoms with Gasteiger partial charge in [0.05, 0.1) is 11.2 Å². The van der Waals surface area contributed by atoms with Crippen LogP contribution in [0.2, 0.25) is 10.0 Å². The molecule has 5 nitrogen and oxygen atoms in total. The Bertz CT molecular complexity index is 680. The normalized spacial score (nSPS) is 18.0. The molecule has 0 radical (unpaired) electrons. The van der Waals surface area contributed by atoms with Gasteiger partial charge < -0.3 is 4.90 Å². The number of carbonyl (C=O) groups is 1. The number of hydrogen-bond donors (Lipinski definition) is 0. The largest absolute Gasteiger partial charge is 0.312 e. The van der Waals surface area contributed by atoms with Gasteiger partial charge in [0.25, 0.3) is 5.56 Å². The molecular formula is C15H17Cl2N3O2. The first-order chi connectivity index (χ1) is 10.6. The van der Waals surface area contributed by atoms with E-state index in [9.17, 15) is 9.59 Å². The van der Waals surface area contributed by atoms with Crippen LogP contribution in [-0.2, 0) is 11.3 Å². The van der Waals surface area contributed by atoms with Crippen LogP contribution < -0.4 is 5.56 Å². The number of allylic oxidation sites excluding steroid dienone is 2. The average molecular weight is 342 g/mol. The van der Waals surface area contributed by atoms with Crippen molar-refractivity contribution in [2.45, 2.75) is 51.1 Å². The first-order valence-electron chi connectivity index (χ1n) is 7.50. The molecule has 1 amide bonds. The summed E-state index contributed by atoms with van der Waals surface area (Å²) in [6.45, 7) is -0.108. The predicted octanol–water partition coefficient (Wildman–Crippen LogP) is 3.00. The van der Waals surface area contributed by atoms with Gasteiger partial charge in [-0.15, -0.1) is 0 Å². The van der Waals surface area contributed by atoms with E-state index in [0.717, 1.165) is 42.5 Å². The first-order valence-corrected chi connectivity index (χ1v) is 8.25. The van der Waals surface area contributed by atoms with Gasteiger partial charge in [0.1, 0.15) is 11.6 Å². The van der Waals surface area contributed by atoms with E-state index in [0.29, 0.717) is 0 Å². The minimum Gasteiger partial charge on any atom is -0.312 e. The summed E-state index contributed by atoms with van der Waals surface area (Å²) < 4.78 is 1.08. The van der Waals surface area contributed by atoms with Gasteiger partial charge in [0.15, 0.2) is 0 Å². The van der Waals surface area contributed by atoms with Crippen LogP contribution in [0.4, 0.5) is 0 Å². The molecule has 1 fully saturated rings. The number of carbonyl (C=O) groups excluding carboxylic acids is 1. The molecule has 0 N–H and O–H groups in total. The highest BCUT2D eigenvalue weighted by atomic mass is 35.5. The molecule has 1 aromatic rings. The van der Waals surface area contributed by atoms with Crippen LogP contribution in [-0.4, -0.2) is 26.6 Å². The molecule has 1 aromatic heterocycles. The Morgan fingerprint density at radius 3 is 2.77 bits per heavy atom. The Morgan fingerprint density at radius 1 is 1.36 bits per heavy atom. The third kappa shape index (κ3) is 3.20. The minimum atomic E-state index is -0.532. The lowest BCUT2D eigenvalue weighted by Gasteiger charge is -2.27. The second kappa shape index (κ2) is 6.42. The molecule has 0 spiro atoms. The van der Waals surface area contributed by atoms with Crippen molar-refractivity contribution >= 4 is 29.1 Å². The third-order valence-corrected chi connectivity index (χ3v) is 4.73. The molecule has 118 valence electrons. The predicted molar refractivity (Wildman–Crippen MR) is 84.9 cm³/mol. The lowest BCUT2D eigenvalue weighted by Crippen LogP contribution is -2.38. The fourth-order valence-corrected chi connectivity index (χ4v) is 3.00. The van der Waals surface area contributed by atoms with Crippen molar-refractivity contribution in [2.75, 3.05) is 0 Å². The minimum absolute atomic E-state index is 0.0979. The van der Waals surface area contributed by atoms with Crippen LogP contribution in [0.25, 0.3) is 0 Å². The lowest BCUT2D eigenvalue weighted by molar-refractivity contribution is -0.130. The summed E-state index contributed by atoms with van der Waals surface area (Å²) in [4.78, 5) is 26.5. The molecule has 0 aromatic carbocycles. The van der Waals surface area contributed by atoms with Crippen LogP contribution in [0, 0.1) is 0 Å². The standard InChI is InChI=1S/C15H17Cl2N3O2/c16-12-8-18-19(15(22)14(12)17)9-13(21)20(11-6-7-11)10-4-2-1-3-5-10/h4,8,11H,1-3,5-7,9H2. The summed E-state index contributed by atoms with van der Waals surface area (Å²) in [6.07, 6.45) is 9.68. The van der Waals surface area contributed by atoms with E-state index in [4.69, 9.17) is 23.2 Å². The molecule has 3 rings (SSSR count). The van der Waals surface area contributed by atoms with Gasteiger partial charge in [0.2, 0.25) is 5.91 Å². The summed E-state index contributed by atoms with van der Waals surface area (Å²) in [5, 5.41) is 3.91. The molecule has 0 atom stereocenters. The smallest absolute Gasteiger partial charge is 0.287 e. The van der Waals surface area contributed by atoms with Gasteiger partial charge in [0, 0.05) is 11.7 Å². The van der Waals surface area contributed by atoms with Gasteiger partial charge in [-0.2, -0.15) is 5.10 Å². The van der Waals surface area contributed by atoms with Gasteiger partial charge in [-0.1, -0.05) is 29.3 Å². The number of amides is 1. The van der Waals surface area contributed by atoms with Crippen LogP contribution in [0.15, 0.2) is 22.8 Å². The van der Waals surface area contributed by atoms with Gasteiger partial charge >= 0.3 is 0 Å². The quantitative estimate of drug-likeness (QED) is 0.845. The average Bonchev–Trinajstić information content (AvgIpc) is 3.34. The lowest BCUT2D eigenvalue weighted by atomic mass is 10.0. The van der Waals surface area contributed by atoms with E-state index in [1.54, 1.807) is 0 Å². The highest BCUT2D eigenvalue weighted by Gasteiger charge is 2.35. The summed E-state index contributed by atoms with van der Waals surface area (Å²) >= 11 is 11.6. The van der Waals surface area contributed by atoms with Crippen molar-refractivity contribution in [1.29, 1.82) is 0 Å². The Kier molecular flexibility index (Phi) is 4.54. The second-order valence-electron chi connectivity index (χ2n) is 5.71. The van der Waals surface area contributed by atoms with Gasteiger partial charge in [-0.3, -0.25) is 9.59 Å². The van der Waals surface area contributed by atoms with Crippen molar-refractivity contribution in [2.24, 2.45) is 0 Å². The first kappa shape index (κ1) is 15.6. The van der Waals surface area contributed by atoms with Crippen LogP contribution in [0.3, 0.4) is 0 Å². The Labute approximate surface area is 138 Å². The van der Waals surface area contributed by atoms with Crippen molar-refractivity contribution in [3.05, 3.63) is 38.4 Å². The Hall–Kier alpha value is -1.33.